The zero-order chi connectivity index (χ0) is 17.0. The first-order valence-corrected chi connectivity index (χ1v) is 7.36. The summed E-state index contributed by atoms with van der Waals surface area (Å²) in [5.74, 6) is -3.80. The maximum Gasteiger partial charge on any atom is 0.325 e. The van der Waals surface area contributed by atoms with Crippen LogP contribution < -0.4 is 0 Å². The van der Waals surface area contributed by atoms with Crippen molar-refractivity contribution < 1.29 is 29.3 Å². The molecule has 2 N–H and O–H groups in total. The number of carboxylic acids is 2. The van der Waals surface area contributed by atoms with E-state index in [1.54, 1.807) is 0 Å². The maximum atomic E-state index is 11.3. The summed E-state index contributed by atoms with van der Waals surface area (Å²) in [6.07, 6.45) is 1.10. The Bertz CT molecular complexity index is 454. The van der Waals surface area contributed by atoms with Gasteiger partial charge in [-0.2, -0.15) is 0 Å². The van der Waals surface area contributed by atoms with Gasteiger partial charge in [0.05, 0.1) is 13.2 Å². The first-order chi connectivity index (χ1) is 9.87. The van der Waals surface area contributed by atoms with Crippen LogP contribution in [0, 0.1) is 5.41 Å². The van der Waals surface area contributed by atoms with Crippen molar-refractivity contribution in [2.45, 2.75) is 57.4 Å². The molecule has 0 bridgehead atoms. The van der Waals surface area contributed by atoms with Crippen molar-refractivity contribution in [3.05, 3.63) is 0 Å². The highest BCUT2D eigenvalue weighted by Gasteiger charge is 2.59. The molecular formula is C15H25NO6. The average molecular weight is 315 g/mol. The molecule has 7 heteroatoms. The Balaban J connectivity index is 2.26. The second kappa shape index (κ2) is 4.91. The van der Waals surface area contributed by atoms with Gasteiger partial charge in [0.2, 0.25) is 5.41 Å². The molecule has 2 fully saturated rings. The van der Waals surface area contributed by atoms with E-state index in [-0.39, 0.29) is 24.3 Å². The maximum absolute atomic E-state index is 11.3. The number of nitrogens with zero attached hydrogens (tertiary/aromatic N) is 1. The lowest BCUT2D eigenvalue weighted by Gasteiger charge is -2.59. The third-order valence-electron chi connectivity index (χ3n) is 5.20. The normalized spacial score (nSPS) is 29.1. The fourth-order valence-electron chi connectivity index (χ4n) is 3.57. The molecule has 7 nitrogen and oxygen atoms in total. The number of hydrogen-bond donors (Lipinski definition) is 2. The quantitative estimate of drug-likeness (QED) is 0.738. The highest BCUT2D eigenvalue weighted by atomic mass is 16.7. The molecule has 2 heterocycles. The second-order valence-electron chi connectivity index (χ2n) is 7.72. The Morgan fingerprint density at radius 1 is 0.909 bits per heavy atom. The molecule has 2 aliphatic rings. The molecule has 2 saturated heterocycles. The lowest BCUT2D eigenvalue weighted by molar-refractivity contribution is -0.334. The zero-order valence-corrected chi connectivity index (χ0v) is 13.8. The number of carbonyl (C=O) groups is 2. The van der Waals surface area contributed by atoms with E-state index < -0.39 is 23.1 Å². The summed E-state index contributed by atoms with van der Waals surface area (Å²) in [6, 6.07) is 0. The van der Waals surface area contributed by atoms with Crippen molar-refractivity contribution in [2.75, 3.05) is 20.3 Å². The van der Waals surface area contributed by atoms with Crippen LogP contribution in [0.2, 0.25) is 0 Å². The summed E-state index contributed by atoms with van der Waals surface area (Å²) in [5.41, 5.74) is -2.45. The number of ether oxygens (including phenoxy) is 2. The number of carboxylic acid groups (broad SMARTS) is 2. The molecule has 0 aromatic carbocycles. The summed E-state index contributed by atoms with van der Waals surface area (Å²) in [5, 5.41) is 18.5. The van der Waals surface area contributed by atoms with E-state index in [2.05, 4.69) is 32.6 Å². The van der Waals surface area contributed by atoms with Gasteiger partial charge < -0.3 is 19.7 Å². The van der Waals surface area contributed by atoms with Crippen LogP contribution >= 0.6 is 0 Å². The van der Waals surface area contributed by atoms with E-state index in [9.17, 15) is 19.8 Å². The predicted octanol–water partition coefficient (Wildman–Crippen LogP) is 1.17. The van der Waals surface area contributed by atoms with Gasteiger partial charge in [-0.05, 0) is 34.7 Å². The number of piperidine rings is 1. The van der Waals surface area contributed by atoms with Gasteiger partial charge in [0, 0.05) is 23.9 Å². The second-order valence-corrected chi connectivity index (χ2v) is 7.72. The monoisotopic (exact) mass is 315 g/mol. The van der Waals surface area contributed by atoms with Gasteiger partial charge in [0.15, 0.2) is 5.79 Å². The van der Waals surface area contributed by atoms with E-state index in [0.717, 1.165) is 0 Å². The van der Waals surface area contributed by atoms with E-state index in [0.29, 0.717) is 12.8 Å². The van der Waals surface area contributed by atoms with Crippen molar-refractivity contribution >= 4 is 11.9 Å². The first kappa shape index (κ1) is 17.2. The Morgan fingerprint density at radius 2 is 1.27 bits per heavy atom. The van der Waals surface area contributed by atoms with Crippen LogP contribution in [0.15, 0.2) is 0 Å². The fourth-order valence-corrected chi connectivity index (χ4v) is 3.57. The van der Waals surface area contributed by atoms with E-state index in [1.165, 1.54) is 0 Å². The van der Waals surface area contributed by atoms with Crippen LogP contribution in [0.3, 0.4) is 0 Å². The zero-order valence-electron chi connectivity index (χ0n) is 13.8. The SMILES string of the molecule is CN1C(C)(C)CC2(CC1(C)C)OCC(C(=O)O)(C(=O)O)CO2. The summed E-state index contributed by atoms with van der Waals surface area (Å²) in [4.78, 5) is 24.9. The van der Waals surface area contributed by atoms with Crippen LogP contribution in [-0.4, -0.2) is 64.2 Å². The number of rotatable bonds is 2. The largest absolute Gasteiger partial charge is 0.480 e. The van der Waals surface area contributed by atoms with Crippen LogP contribution in [0.25, 0.3) is 0 Å². The Kier molecular flexibility index (Phi) is 3.83. The average Bonchev–Trinajstić information content (AvgIpc) is 2.35. The van der Waals surface area contributed by atoms with E-state index in [4.69, 9.17) is 9.47 Å². The van der Waals surface area contributed by atoms with Gasteiger partial charge in [-0.15, -0.1) is 0 Å². The highest BCUT2D eigenvalue weighted by Crippen LogP contribution is 2.47. The van der Waals surface area contributed by atoms with E-state index >= 15 is 0 Å². The summed E-state index contributed by atoms with van der Waals surface area (Å²) in [6.45, 7) is 7.51. The molecule has 0 radical (unpaired) electrons. The highest BCUT2D eigenvalue weighted by molar-refractivity contribution is 5.98. The molecule has 0 unspecified atom stereocenters. The Morgan fingerprint density at radius 3 is 1.59 bits per heavy atom. The molecule has 0 saturated carbocycles. The predicted molar refractivity (Wildman–Crippen MR) is 77.5 cm³/mol. The van der Waals surface area contributed by atoms with Gasteiger partial charge >= 0.3 is 11.9 Å². The van der Waals surface area contributed by atoms with E-state index in [1.807, 2.05) is 7.05 Å². The molecular weight excluding hydrogens is 290 g/mol. The van der Waals surface area contributed by atoms with Crippen LogP contribution in [0.4, 0.5) is 0 Å². The van der Waals surface area contributed by atoms with Gasteiger partial charge in [-0.1, -0.05) is 0 Å². The fraction of sp³-hybridized carbons (Fsp3) is 0.867. The van der Waals surface area contributed by atoms with Crippen LogP contribution in [0.1, 0.15) is 40.5 Å². The first-order valence-electron chi connectivity index (χ1n) is 7.36. The van der Waals surface area contributed by atoms with Crippen molar-refractivity contribution in [3.63, 3.8) is 0 Å². The minimum Gasteiger partial charge on any atom is -0.480 e. The molecule has 22 heavy (non-hydrogen) atoms. The van der Waals surface area contributed by atoms with Crippen molar-refractivity contribution in [1.82, 2.24) is 4.90 Å². The molecule has 0 aliphatic carbocycles. The summed E-state index contributed by atoms with van der Waals surface area (Å²) < 4.78 is 11.5. The minimum absolute atomic E-state index is 0.214. The minimum atomic E-state index is -2.02. The lowest BCUT2D eigenvalue weighted by Crippen LogP contribution is -2.68. The van der Waals surface area contributed by atoms with Gasteiger partial charge in [0.1, 0.15) is 0 Å². The summed E-state index contributed by atoms with van der Waals surface area (Å²) >= 11 is 0. The lowest BCUT2D eigenvalue weighted by atomic mass is 9.75. The molecule has 0 amide bonds. The van der Waals surface area contributed by atoms with Crippen molar-refractivity contribution in [2.24, 2.45) is 5.41 Å². The van der Waals surface area contributed by atoms with Crippen LogP contribution in [0.5, 0.6) is 0 Å². The third kappa shape index (κ3) is 2.51. The smallest absolute Gasteiger partial charge is 0.325 e. The van der Waals surface area contributed by atoms with Crippen LogP contribution in [-0.2, 0) is 19.1 Å². The number of likely N-dealkylation sites (tertiary alicyclic amines) is 1. The van der Waals surface area contributed by atoms with Crippen molar-refractivity contribution in [1.29, 1.82) is 0 Å². The van der Waals surface area contributed by atoms with Gasteiger partial charge in [0.25, 0.3) is 0 Å². The molecule has 126 valence electrons. The number of aliphatic carboxylic acids is 2. The molecule has 0 aromatic rings. The molecule has 0 atom stereocenters. The summed E-state index contributed by atoms with van der Waals surface area (Å²) in [7, 11) is 2.04. The molecule has 2 rings (SSSR count). The van der Waals surface area contributed by atoms with Gasteiger partial charge in [-0.25, -0.2) is 0 Å². The molecule has 0 aromatic heterocycles. The number of hydrogen-bond acceptors (Lipinski definition) is 5. The molecule has 2 aliphatic heterocycles. The van der Waals surface area contributed by atoms with Gasteiger partial charge in [-0.3, -0.25) is 14.5 Å². The topological polar surface area (TPSA) is 96.3 Å². The Labute approximate surface area is 130 Å². The van der Waals surface area contributed by atoms with Crippen molar-refractivity contribution in [3.8, 4) is 0 Å². The standard InChI is InChI=1S/C15H25NO6/c1-12(2)6-15(7-13(3,4)16(12)5)21-8-14(9-22-15,10(17)18)11(19)20/h6-9H2,1-5H3,(H,17,18)(H,19,20). The Hall–Kier alpha value is -1.18. The third-order valence-corrected chi connectivity index (χ3v) is 5.20. The molecule has 1 spiro atoms.